The van der Waals surface area contributed by atoms with E-state index in [-0.39, 0.29) is 5.91 Å². The number of aliphatic imine (C=N–C) groups is 1. The first-order chi connectivity index (χ1) is 14.2. The largest absolute Gasteiger partial charge is 0.271 e. The van der Waals surface area contributed by atoms with Crippen molar-refractivity contribution in [3.05, 3.63) is 87.0 Å². The van der Waals surface area contributed by atoms with Crippen molar-refractivity contribution in [3.63, 3.8) is 0 Å². The van der Waals surface area contributed by atoms with Crippen LogP contribution in [0.5, 0.6) is 0 Å². The van der Waals surface area contributed by atoms with E-state index in [1.165, 1.54) is 17.3 Å². The molecule has 0 bridgehead atoms. The zero-order valence-corrected chi connectivity index (χ0v) is 18.1. The second kappa shape index (κ2) is 8.80. The molecule has 29 heavy (non-hydrogen) atoms. The van der Waals surface area contributed by atoms with Gasteiger partial charge in [-0.05, 0) is 65.4 Å². The molecule has 0 radical (unpaired) electrons. The summed E-state index contributed by atoms with van der Waals surface area (Å²) in [4.78, 5) is 21.9. The molecule has 1 aromatic heterocycles. The maximum absolute atomic E-state index is 13.4. The summed E-state index contributed by atoms with van der Waals surface area (Å²) in [6.45, 7) is 4.23. The van der Waals surface area contributed by atoms with Gasteiger partial charge in [0.15, 0.2) is 5.17 Å². The number of carbonyl (C=O) groups excluding carboxylic acids is 1. The van der Waals surface area contributed by atoms with Gasteiger partial charge in [-0.3, -0.25) is 9.69 Å². The number of amidine groups is 1. The highest BCUT2D eigenvalue weighted by Crippen LogP contribution is 2.39. The lowest BCUT2D eigenvalue weighted by Crippen LogP contribution is -2.29. The van der Waals surface area contributed by atoms with Gasteiger partial charge >= 0.3 is 0 Å². The van der Waals surface area contributed by atoms with Crippen molar-refractivity contribution in [2.75, 3.05) is 4.90 Å². The zero-order valence-electron chi connectivity index (χ0n) is 16.5. The lowest BCUT2D eigenvalue weighted by Gasteiger charge is -2.19. The van der Waals surface area contributed by atoms with Crippen LogP contribution in [0.3, 0.4) is 0 Å². The van der Waals surface area contributed by atoms with Crippen molar-refractivity contribution in [1.82, 2.24) is 0 Å². The Morgan fingerprint density at radius 2 is 1.66 bits per heavy atom. The topological polar surface area (TPSA) is 32.7 Å². The molecule has 2 heterocycles. The number of para-hydroxylation sites is 2. The van der Waals surface area contributed by atoms with E-state index >= 15 is 0 Å². The standard InChI is InChI=1S/C24H22N2OS2/c1-3-17-10-5-7-13-20(17)25-24-26(21-14-8-6-11-18(21)4-2)23(27)22(29-24)16-19-12-9-15-28-19/h5-16H,3-4H2,1-2H3/b22-16+,25-24?. The molecule has 0 spiro atoms. The van der Waals surface area contributed by atoms with Gasteiger partial charge in [0, 0.05) is 4.88 Å². The van der Waals surface area contributed by atoms with Gasteiger partial charge in [0.25, 0.3) is 5.91 Å². The van der Waals surface area contributed by atoms with Crippen molar-refractivity contribution < 1.29 is 4.79 Å². The number of hydrogen-bond acceptors (Lipinski definition) is 4. The molecule has 1 fully saturated rings. The molecule has 2 aromatic carbocycles. The molecule has 0 N–H and O–H groups in total. The first kappa shape index (κ1) is 19.7. The second-order valence-corrected chi connectivity index (χ2v) is 8.61. The summed E-state index contributed by atoms with van der Waals surface area (Å²) in [5, 5.41) is 2.73. The Morgan fingerprint density at radius 1 is 0.931 bits per heavy atom. The highest BCUT2D eigenvalue weighted by atomic mass is 32.2. The third-order valence-corrected chi connectivity index (χ3v) is 6.61. The Labute approximate surface area is 179 Å². The van der Waals surface area contributed by atoms with E-state index in [4.69, 9.17) is 4.99 Å². The van der Waals surface area contributed by atoms with Crippen LogP contribution in [0.2, 0.25) is 0 Å². The van der Waals surface area contributed by atoms with E-state index in [9.17, 15) is 4.79 Å². The molecule has 4 rings (SSSR count). The van der Waals surface area contributed by atoms with Crippen molar-refractivity contribution in [3.8, 4) is 0 Å². The number of benzene rings is 2. The maximum atomic E-state index is 13.4. The Morgan fingerprint density at radius 3 is 2.38 bits per heavy atom. The quantitative estimate of drug-likeness (QED) is 0.433. The zero-order chi connectivity index (χ0) is 20.2. The van der Waals surface area contributed by atoms with Gasteiger partial charge in [-0.15, -0.1) is 11.3 Å². The molecule has 1 amide bonds. The predicted molar refractivity (Wildman–Crippen MR) is 126 cm³/mol. The number of carbonyl (C=O) groups is 1. The van der Waals surface area contributed by atoms with Gasteiger partial charge in [-0.1, -0.05) is 56.3 Å². The average molecular weight is 419 g/mol. The van der Waals surface area contributed by atoms with Crippen molar-refractivity contribution in [2.45, 2.75) is 26.7 Å². The summed E-state index contributed by atoms with van der Waals surface area (Å²) in [5.41, 5.74) is 4.14. The molecule has 0 unspecified atom stereocenters. The Balaban J connectivity index is 1.84. The van der Waals surface area contributed by atoms with Gasteiger partial charge in [0.05, 0.1) is 16.3 Å². The van der Waals surface area contributed by atoms with E-state index in [2.05, 4.69) is 26.0 Å². The number of rotatable bonds is 5. The molecule has 3 aromatic rings. The molecule has 5 heteroatoms. The van der Waals surface area contributed by atoms with Crippen LogP contribution in [0.15, 0.2) is 75.9 Å². The van der Waals surface area contributed by atoms with E-state index in [1.54, 1.807) is 16.2 Å². The fraction of sp³-hybridized carbons (Fsp3) is 0.167. The summed E-state index contributed by atoms with van der Waals surface area (Å²) in [6, 6.07) is 20.2. The SMILES string of the molecule is CCc1ccccc1N=C1S/C(=C/c2cccs2)C(=O)N1c1ccccc1CC. The minimum absolute atomic E-state index is 0.0166. The first-order valence-corrected chi connectivity index (χ1v) is 11.4. The molecule has 0 aliphatic carbocycles. The predicted octanol–water partition coefficient (Wildman–Crippen LogP) is 6.68. The number of anilines is 1. The number of amides is 1. The molecule has 3 nitrogen and oxygen atoms in total. The summed E-state index contributed by atoms with van der Waals surface area (Å²) < 4.78 is 0. The normalized spacial score (nSPS) is 16.9. The fourth-order valence-corrected chi connectivity index (χ4v) is 5.02. The number of thioether (sulfide) groups is 1. The summed E-state index contributed by atoms with van der Waals surface area (Å²) in [5.74, 6) is -0.0166. The van der Waals surface area contributed by atoms with Gasteiger partial charge in [-0.25, -0.2) is 4.99 Å². The number of thiophene rings is 1. The molecule has 146 valence electrons. The lowest BCUT2D eigenvalue weighted by molar-refractivity contribution is -0.113. The van der Waals surface area contributed by atoms with Crippen LogP contribution in [-0.2, 0) is 17.6 Å². The minimum atomic E-state index is -0.0166. The third kappa shape index (κ3) is 4.07. The monoisotopic (exact) mass is 418 g/mol. The minimum Gasteiger partial charge on any atom is -0.268 e. The Kier molecular flexibility index (Phi) is 5.97. The lowest BCUT2D eigenvalue weighted by atomic mass is 10.1. The van der Waals surface area contributed by atoms with Crippen LogP contribution in [0.4, 0.5) is 11.4 Å². The van der Waals surface area contributed by atoms with Gasteiger partial charge < -0.3 is 0 Å². The van der Waals surface area contributed by atoms with Crippen LogP contribution in [0, 0.1) is 0 Å². The first-order valence-electron chi connectivity index (χ1n) is 9.73. The van der Waals surface area contributed by atoms with E-state index in [1.807, 2.05) is 60.0 Å². The highest BCUT2D eigenvalue weighted by molar-refractivity contribution is 8.19. The van der Waals surface area contributed by atoms with Crippen molar-refractivity contribution in [2.24, 2.45) is 4.99 Å². The third-order valence-electron chi connectivity index (χ3n) is 4.82. The van der Waals surface area contributed by atoms with E-state index in [0.29, 0.717) is 10.1 Å². The van der Waals surface area contributed by atoms with Crippen LogP contribution >= 0.6 is 23.1 Å². The van der Waals surface area contributed by atoms with Gasteiger partial charge in [0.1, 0.15) is 0 Å². The van der Waals surface area contributed by atoms with Gasteiger partial charge in [-0.2, -0.15) is 0 Å². The van der Waals surface area contributed by atoms with Crippen molar-refractivity contribution >= 4 is 51.6 Å². The fourth-order valence-electron chi connectivity index (χ4n) is 3.31. The summed E-state index contributed by atoms with van der Waals surface area (Å²) >= 11 is 3.07. The second-order valence-electron chi connectivity index (χ2n) is 6.63. The Hall–Kier alpha value is -2.63. The smallest absolute Gasteiger partial charge is 0.268 e. The van der Waals surface area contributed by atoms with Gasteiger partial charge in [0.2, 0.25) is 0 Å². The number of nitrogens with zero attached hydrogens (tertiary/aromatic N) is 2. The maximum Gasteiger partial charge on any atom is 0.271 e. The molecule has 0 atom stereocenters. The molecule has 1 aliphatic rings. The molecule has 0 saturated carbocycles. The van der Waals surface area contributed by atoms with Crippen LogP contribution in [-0.4, -0.2) is 11.1 Å². The van der Waals surface area contributed by atoms with E-state index in [0.717, 1.165) is 34.7 Å². The molecule has 1 aliphatic heterocycles. The van der Waals surface area contributed by atoms with Crippen LogP contribution in [0.1, 0.15) is 29.9 Å². The summed E-state index contributed by atoms with van der Waals surface area (Å²) in [7, 11) is 0. The highest BCUT2D eigenvalue weighted by Gasteiger charge is 2.35. The molecule has 1 saturated heterocycles. The summed E-state index contributed by atoms with van der Waals surface area (Å²) in [6.07, 6.45) is 3.72. The van der Waals surface area contributed by atoms with Crippen LogP contribution < -0.4 is 4.90 Å². The number of hydrogen-bond donors (Lipinski definition) is 0. The Bertz CT molecular complexity index is 1080. The van der Waals surface area contributed by atoms with E-state index < -0.39 is 0 Å². The average Bonchev–Trinajstić information content (AvgIpc) is 3.37. The number of aryl methyl sites for hydroxylation is 2. The molecular weight excluding hydrogens is 396 g/mol. The van der Waals surface area contributed by atoms with Crippen LogP contribution in [0.25, 0.3) is 6.08 Å². The van der Waals surface area contributed by atoms with Crippen molar-refractivity contribution in [1.29, 1.82) is 0 Å². The molecular formula is C24H22N2OS2.